The maximum atomic E-state index is 10.6. The van der Waals surface area contributed by atoms with Gasteiger partial charge in [0.25, 0.3) is 0 Å². The normalized spacial score (nSPS) is 14.9. The zero-order valence-corrected chi connectivity index (χ0v) is 8.14. The number of hydrogen-bond donors (Lipinski definition) is 2. The van der Waals surface area contributed by atoms with E-state index in [-0.39, 0.29) is 11.3 Å². The lowest BCUT2D eigenvalue weighted by molar-refractivity contribution is 0.0693. The molecule has 2 rings (SSSR count). The highest BCUT2D eigenvalue weighted by atomic mass is 16.5. The highest BCUT2D eigenvalue weighted by Crippen LogP contribution is 2.30. The number of carboxylic acid groups (broad SMARTS) is 1. The van der Waals surface area contributed by atoms with Crippen LogP contribution in [0.2, 0.25) is 0 Å². The minimum atomic E-state index is -1.14. The maximum absolute atomic E-state index is 10.6. The minimum Gasteiger partial charge on any atom is -0.507 e. The summed E-state index contributed by atoms with van der Waals surface area (Å²) in [4.78, 5) is 10.6. The molecule has 1 aliphatic carbocycles. The second-order valence-corrected chi connectivity index (χ2v) is 3.74. The van der Waals surface area contributed by atoms with Crippen LogP contribution in [-0.2, 0) is 0 Å². The maximum Gasteiger partial charge on any atom is 0.339 e. The lowest BCUT2D eigenvalue weighted by Crippen LogP contribution is -2.00. The Balaban J connectivity index is 2.06. The number of phenols is 1. The lowest BCUT2D eigenvalue weighted by Gasteiger charge is -2.06. The average molecular weight is 208 g/mol. The Morgan fingerprint density at radius 2 is 2.20 bits per heavy atom. The molecule has 4 heteroatoms. The van der Waals surface area contributed by atoms with E-state index < -0.39 is 5.97 Å². The molecule has 1 saturated carbocycles. The van der Waals surface area contributed by atoms with E-state index in [9.17, 15) is 9.90 Å². The Kier molecular flexibility index (Phi) is 2.49. The van der Waals surface area contributed by atoms with Gasteiger partial charge in [-0.05, 0) is 30.9 Å². The molecule has 0 saturated heterocycles. The van der Waals surface area contributed by atoms with Crippen molar-refractivity contribution in [2.24, 2.45) is 5.92 Å². The summed E-state index contributed by atoms with van der Waals surface area (Å²) in [6.45, 7) is 0.645. The van der Waals surface area contributed by atoms with Gasteiger partial charge in [0.15, 0.2) is 0 Å². The number of rotatable bonds is 4. The molecule has 0 heterocycles. The van der Waals surface area contributed by atoms with Crippen LogP contribution in [0, 0.1) is 5.92 Å². The minimum absolute atomic E-state index is 0.103. The monoisotopic (exact) mass is 208 g/mol. The first kappa shape index (κ1) is 9.83. The largest absolute Gasteiger partial charge is 0.507 e. The number of hydrogen-bond acceptors (Lipinski definition) is 3. The van der Waals surface area contributed by atoms with Crippen molar-refractivity contribution in [3.63, 3.8) is 0 Å². The van der Waals surface area contributed by atoms with Crippen molar-refractivity contribution in [3.8, 4) is 11.5 Å². The summed E-state index contributed by atoms with van der Waals surface area (Å²) in [5, 5.41) is 18.1. The van der Waals surface area contributed by atoms with Crippen LogP contribution in [0.3, 0.4) is 0 Å². The van der Waals surface area contributed by atoms with Crippen LogP contribution in [0.25, 0.3) is 0 Å². The second-order valence-electron chi connectivity index (χ2n) is 3.74. The number of benzene rings is 1. The fourth-order valence-corrected chi connectivity index (χ4v) is 1.28. The predicted octanol–water partition coefficient (Wildman–Crippen LogP) is 1.88. The number of aromatic carboxylic acids is 1. The van der Waals surface area contributed by atoms with Crippen LogP contribution in [0.1, 0.15) is 23.2 Å². The summed E-state index contributed by atoms with van der Waals surface area (Å²) < 4.78 is 5.39. The van der Waals surface area contributed by atoms with Crippen LogP contribution in [0.5, 0.6) is 11.5 Å². The number of aromatic hydroxyl groups is 1. The zero-order valence-electron chi connectivity index (χ0n) is 8.14. The van der Waals surface area contributed by atoms with Crippen molar-refractivity contribution in [3.05, 3.63) is 23.8 Å². The third-order valence-electron chi connectivity index (χ3n) is 2.38. The van der Waals surface area contributed by atoms with Gasteiger partial charge in [0.2, 0.25) is 0 Å². The molecular weight excluding hydrogens is 196 g/mol. The van der Waals surface area contributed by atoms with E-state index in [2.05, 4.69) is 0 Å². The van der Waals surface area contributed by atoms with Crippen LogP contribution in [-0.4, -0.2) is 22.8 Å². The van der Waals surface area contributed by atoms with Crippen LogP contribution in [0.4, 0.5) is 0 Å². The van der Waals surface area contributed by atoms with E-state index in [1.165, 1.54) is 25.0 Å². The highest BCUT2D eigenvalue weighted by molar-refractivity contribution is 5.90. The van der Waals surface area contributed by atoms with Crippen molar-refractivity contribution in [1.29, 1.82) is 0 Å². The van der Waals surface area contributed by atoms with E-state index in [0.717, 1.165) is 0 Å². The molecule has 1 fully saturated rings. The molecule has 2 N–H and O–H groups in total. The first-order valence-corrected chi connectivity index (χ1v) is 4.86. The van der Waals surface area contributed by atoms with Gasteiger partial charge in [0, 0.05) is 6.07 Å². The van der Waals surface area contributed by atoms with Crippen molar-refractivity contribution in [1.82, 2.24) is 0 Å². The molecule has 80 valence electrons. The summed E-state index contributed by atoms with van der Waals surface area (Å²) in [6, 6.07) is 4.25. The Bertz CT molecular complexity index is 382. The smallest absolute Gasteiger partial charge is 0.339 e. The van der Waals surface area contributed by atoms with E-state index in [4.69, 9.17) is 9.84 Å². The quantitative estimate of drug-likeness (QED) is 0.792. The van der Waals surface area contributed by atoms with Gasteiger partial charge < -0.3 is 14.9 Å². The Morgan fingerprint density at radius 1 is 1.47 bits per heavy atom. The average Bonchev–Trinajstić information content (AvgIpc) is 2.97. The van der Waals surface area contributed by atoms with Gasteiger partial charge in [0.05, 0.1) is 6.61 Å². The summed E-state index contributed by atoms with van der Waals surface area (Å²) in [7, 11) is 0. The van der Waals surface area contributed by atoms with Crippen LogP contribution >= 0.6 is 0 Å². The fraction of sp³-hybridized carbons (Fsp3) is 0.364. The molecule has 1 aromatic carbocycles. The van der Waals surface area contributed by atoms with E-state index >= 15 is 0 Å². The molecule has 0 radical (unpaired) electrons. The molecular formula is C11H12O4. The fourth-order valence-electron chi connectivity index (χ4n) is 1.28. The number of ether oxygens (including phenoxy) is 1. The first-order valence-electron chi connectivity index (χ1n) is 4.86. The van der Waals surface area contributed by atoms with Crippen molar-refractivity contribution < 1.29 is 19.7 Å². The SMILES string of the molecule is O=C(O)c1ccc(OCC2CC2)cc1O. The molecule has 0 aromatic heterocycles. The summed E-state index contributed by atoms with van der Waals surface area (Å²) in [5.41, 5.74) is -0.103. The Hall–Kier alpha value is -1.71. The topological polar surface area (TPSA) is 66.8 Å². The van der Waals surface area contributed by atoms with Gasteiger partial charge in [-0.25, -0.2) is 4.79 Å². The molecule has 15 heavy (non-hydrogen) atoms. The number of carboxylic acids is 1. The molecule has 0 aliphatic heterocycles. The van der Waals surface area contributed by atoms with E-state index in [1.54, 1.807) is 6.07 Å². The van der Waals surface area contributed by atoms with Crippen molar-refractivity contribution >= 4 is 5.97 Å². The summed E-state index contributed by atoms with van der Waals surface area (Å²) >= 11 is 0. The van der Waals surface area contributed by atoms with Crippen LogP contribution < -0.4 is 4.74 Å². The lowest BCUT2D eigenvalue weighted by atomic mass is 10.2. The third-order valence-corrected chi connectivity index (χ3v) is 2.38. The molecule has 0 bridgehead atoms. The van der Waals surface area contributed by atoms with Crippen molar-refractivity contribution in [2.75, 3.05) is 6.61 Å². The Labute approximate surface area is 87.1 Å². The van der Waals surface area contributed by atoms with Gasteiger partial charge in [-0.15, -0.1) is 0 Å². The first-order chi connectivity index (χ1) is 7.16. The highest BCUT2D eigenvalue weighted by Gasteiger charge is 2.22. The third kappa shape index (κ3) is 2.40. The molecule has 1 aliphatic rings. The van der Waals surface area contributed by atoms with E-state index in [1.807, 2.05) is 0 Å². The van der Waals surface area contributed by atoms with E-state index in [0.29, 0.717) is 18.3 Å². The summed E-state index contributed by atoms with van der Waals surface area (Å²) in [6.07, 6.45) is 2.39. The Morgan fingerprint density at radius 3 is 2.73 bits per heavy atom. The van der Waals surface area contributed by atoms with Crippen molar-refractivity contribution in [2.45, 2.75) is 12.8 Å². The van der Waals surface area contributed by atoms with Gasteiger partial charge >= 0.3 is 5.97 Å². The molecule has 0 atom stereocenters. The molecule has 4 nitrogen and oxygen atoms in total. The molecule has 0 amide bonds. The zero-order chi connectivity index (χ0) is 10.8. The van der Waals surface area contributed by atoms with Gasteiger partial charge in [-0.2, -0.15) is 0 Å². The summed E-state index contributed by atoms with van der Waals surface area (Å²) in [5.74, 6) is -0.243. The second kappa shape index (κ2) is 3.81. The van der Waals surface area contributed by atoms with Gasteiger partial charge in [0.1, 0.15) is 17.1 Å². The number of carbonyl (C=O) groups is 1. The molecule has 0 spiro atoms. The van der Waals surface area contributed by atoms with Gasteiger partial charge in [-0.1, -0.05) is 0 Å². The molecule has 1 aromatic rings. The van der Waals surface area contributed by atoms with Crippen LogP contribution in [0.15, 0.2) is 18.2 Å². The van der Waals surface area contributed by atoms with Gasteiger partial charge in [-0.3, -0.25) is 0 Å². The molecule has 0 unspecified atom stereocenters. The predicted molar refractivity (Wildman–Crippen MR) is 53.3 cm³/mol. The standard InChI is InChI=1S/C11H12O4/c12-10-5-8(15-6-7-1-2-7)3-4-9(10)11(13)14/h3-5,7,12H,1-2,6H2,(H,13,14).